The van der Waals surface area contributed by atoms with Crippen LogP contribution in [-0.2, 0) is 0 Å². The summed E-state index contributed by atoms with van der Waals surface area (Å²) < 4.78 is 0. The Morgan fingerprint density at radius 3 is 2.73 bits per heavy atom. The number of nitro groups is 1. The molecule has 1 saturated heterocycles. The highest BCUT2D eigenvalue weighted by atomic mass is 16.6. The quantitative estimate of drug-likeness (QED) is 0.690. The number of nitrogens with one attached hydrogen (secondary N) is 1. The zero-order valence-corrected chi connectivity index (χ0v) is 12.4. The van der Waals surface area contributed by atoms with E-state index in [4.69, 9.17) is 0 Å². The highest BCUT2D eigenvalue weighted by molar-refractivity contribution is 5.87. The molecule has 2 fully saturated rings. The lowest BCUT2D eigenvalue weighted by atomic mass is 10.1. The van der Waals surface area contributed by atoms with Gasteiger partial charge in [-0.2, -0.15) is 5.10 Å². The first-order valence-corrected chi connectivity index (χ1v) is 7.79. The number of nitro benzene ring substituents is 1. The van der Waals surface area contributed by atoms with Crippen LogP contribution in [0.5, 0.6) is 0 Å². The Kier molecular flexibility index (Phi) is 3.22. The number of piperazine rings is 1. The highest BCUT2D eigenvalue weighted by Crippen LogP contribution is 2.34. The number of benzene rings is 1. The lowest BCUT2D eigenvalue weighted by Gasteiger charge is -2.35. The Labute approximate surface area is 128 Å². The van der Waals surface area contributed by atoms with E-state index in [0.29, 0.717) is 5.69 Å². The first-order chi connectivity index (χ1) is 10.7. The van der Waals surface area contributed by atoms with Crippen molar-refractivity contribution in [2.75, 3.05) is 37.6 Å². The van der Waals surface area contributed by atoms with Crippen LogP contribution in [0.3, 0.4) is 0 Å². The van der Waals surface area contributed by atoms with Crippen LogP contribution in [0.4, 0.5) is 11.4 Å². The number of nitrogens with zero attached hydrogens (tertiary/aromatic N) is 4. The Bertz CT molecular complexity index is 701. The van der Waals surface area contributed by atoms with Crippen molar-refractivity contribution >= 4 is 22.3 Å². The van der Waals surface area contributed by atoms with Crippen molar-refractivity contribution in [1.29, 1.82) is 0 Å². The monoisotopic (exact) mass is 301 g/mol. The fourth-order valence-corrected chi connectivity index (χ4v) is 3.20. The molecule has 2 heterocycles. The van der Waals surface area contributed by atoms with Gasteiger partial charge in [0, 0.05) is 44.2 Å². The second-order valence-corrected chi connectivity index (χ2v) is 6.29. The molecule has 116 valence electrons. The van der Waals surface area contributed by atoms with Crippen LogP contribution in [0.25, 0.3) is 10.9 Å². The SMILES string of the molecule is O=[N+]([O-])c1cc2cn[nH]c2cc1N1CCN(CC2CC2)CC1. The molecular weight excluding hydrogens is 282 g/mol. The molecule has 7 nitrogen and oxygen atoms in total. The molecule has 7 heteroatoms. The molecule has 1 saturated carbocycles. The summed E-state index contributed by atoms with van der Waals surface area (Å²) in [6, 6.07) is 3.47. The van der Waals surface area contributed by atoms with Gasteiger partial charge in [-0.1, -0.05) is 0 Å². The van der Waals surface area contributed by atoms with Crippen LogP contribution in [-0.4, -0.2) is 52.7 Å². The maximum Gasteiger partial charge on any atom is 0.293 e. The van der Waals surface area contributed by atoms with Crippen molar-refractivity contribution in [2.24, 2.45) is 5.92 Å². The van der Waals surface area contributed by atoms with E-state index in [9.17, 15) is 10.1 Å². The standard InChI is InChI=1S/C15H19N5O2/c21-20(22)15-7-12-9-16-17-13(12)8-14(15)19-5-3-18(4-6-19)10-11-1-2-11/h7-9,11H,1-6,10H2,(H,16,17). The fourth-order valence-electron chi connectivity index (χ4n) is 3.20. The van der Waals surface area contributed by atoms with Gasteiger partial charge in [-0.25, -0.2) is 0 Å². The number of aromatic amines is 1. The minimum Gasteiger partial charge on any atom is -0.363 e. The largest absolute Gasteiger partial charge is 0.363 e. The average Bonchev–Trinajstić information content (AvgIpc) is 3.21. The van der Waals surface area contributed by atoms with Gasteiger partial charge in [-0.3, -0.25) is 20.1 Å². The third kappa shape index (κ3) is 2.52. The molecular formula is C15H19N5O2. The molecule has 1 aliphatic heterocycles. The van der Waals surface area contributed by atoms with E-state index in [1.165, 1.54) is 19.4 Å². The summed E-state index contributed by atoms with van der Waals surface area (Å²) in [5.41, 5.74) is 1.72. The molecule has 1 aromatic carbocycles. The van der Waals surface area contributed by atoms with Crippen LogP contribution in [0, 0.1) is 16.0 Å². The van der Waals surface area contributed by atoms with E-state index < -0.39 is 0 Å². The predicted molar refractivity (Wildman–Crippen MR) is 84.1 cm³/mol. The molecule has 0 atom stereocenters. The van der Waals surface area contributed by atoms with Crippen LogP contribution in [0.1, 0.15) is 12.8 Å². The smallest absolute Gasteiger partial charge is 0.293 e. The van der Waals surface area contributed by atoms with Crippen molar-refractivity contribution in [2.45, 2.75) is 12.8 Å². The Morgan fingerprint density at radius 2 is 2.05 bits per heavy atom. The summed E-state index contributed by atoms with van der Waals surface area (Å²) in [4.78, 5) is 15.7. The van der Waals surface area contributed by atoms with Crippen molar-refractivity contribution in [1.82, 2.24) is 15.1 Å². The third-order valence-corrected chi connectivity index (χ3v) is 4.66. The molecule has 1 N–H and O–H groups in total. The molecule has 0 spiro atoms. The van der Waals surface area contributed by atoms with E-state index in [1.54, 1.807) is 12.3 Å². The van der Waals surface area contributed by atoms with Crippen LogP contribution in [0.2, 0.25) is 0 Å². The summed E-state index contributed by atoms with van der Waals surface area (Å²) >= 11 is 0. The topological polar surface area (TPSA) is 78.3 Å². The zero-order valence-electron chi connectivity index (χ0n) is 12.4. The van der Waals surface area contributed by atoms with E-state index >= 15 is 0 Å². The normalized spacial score (nSPS) is 19.7. The third-order valence-electron chi connectivity index (χ3n) is 4.66. The summed E-state index contributed by atoms with van der Waals surface area (Å²) in [6.45, 7) is 4.83. The Hall–Kier alpha value is -2.15. The molecule has 0 unspecified atom stereocenters. The fraction of sp³-hybridized carbons (Fsp3) is 0.533. The molecule has 0 radical (unpaired) electrons. The minimum atomic E-state index is -0.293. The zero-order chi connectivity index (χ0) is 15.1. The summed E-state index contributed by atoms with van der Waals surface area (Å²) in [7, 11) is 0. The number of rotatable bonds is 4. The van der Waals surface area contributed by atoms with Gasteiger partial charge in [0.05, 0.1) is 16.6 Å². The first kappa shape index (κ1) is 13.5. The Morgan fingerprint density at radius 1 is 1.27 bits per heavy atom. The van der Waals surface area contributed by atoms with E-state index in [2.05, 4.69) is 20.0 Å². The maximum absolute atomic E-state index is 11.4. The first-order valence-electron chi connectivity index (χ1n) is 7.79. The summed E-state index contributed by atoms with van der Waals surface area (Å²) in [5, 5.41) is 19.0. The van der Waals surface area contributed by atoms with Crippen molar-refractivity contribution in [3.05, 3.63) is 28.4 Å². The highest BCUT2D eigenvalue weighted by Gasteiger charge is 2.28. The van der Waals surface area contributed by atoms with Crippen LogP contribution < -0.4 is 4.90 Å². The number of aromatic nitrogens is 2. The molecule has 22 heavy (non-hydrogen) atoms. The van der Waals surface area contributed by atoms with Gasteiger partial charge in [-0.15, -0.1) is 0 Å². The minimum absolute atomic E-state index is 0.171. The number of fused-ring (bicyclic) bond motifs is 1. The van der Waals surface area contributed by atoms with Gasteiger partial charge in [0.15, 0.2) is 0 Å². The molecule has 2 aromatic rings. The van der Waals surface area contributed by atoms with E-state index in [-0.39, 0.29) is 10.6 Å². The molecule has 1 aromatic heterocycles. The molecule has 1 aliphatic carbocycles. The van der Waals surface area contributed by atoms with Crippen molar-refractivity contribution < 1.29 is 4.92 Å². The lowest BCUT2D eigenvalue weighted by molar-refractivity contribution is -0.384. The second-order valence-electron chi connectivity index (χ2n) is 6.29. The molecule has 2 aliphatic rings. The Balaban J connectivity index is 1.57. The molecule has 0 amide bonds. The molecule has 0 bridgehead atoms. The van der Waals surface area contributed by atoms with Gasteiger partial charge in [0.1, 0.15) is 5.69 Å². The molecule has 4 rings (SSSR count). The van der Waals surface area contributed by atoms with Crippen LogP contribution >= 0.6 is 0 Å². The average molecular weight is 301 g/mol. The van der Waals surface area contributed by atoms with Gasteiger partial charge >= 0.3 is 0 Å². The summed E-state index contributed by atoms with van der Waals surface area (Å²) in [5.74, 6) is 0.891. The number of anilines is 1. The van der Waals surface area contributed by atoms with E-state index in [0.717, 1.165) is 43.0 Å². The van der Waals surface area contributed by atoms with Crippen molar-refractivity contribution in [3.63, 3.8) is 0 Å². The summed E-state index contributed by atoms with van der Waals surface area (Å²) in [6.07, 6.45) is 4.35. The maximum atomic E-state index is 11.4. The van der Waals surface area contributed by atoms with Crippen molar-refractivity contribution in [3.8, 4) is 0 Å². The van der Waals surface area contributed by atoms with E-state index in [1.807, 2.05) is 6.07 Å². The number of hydrogen-bond acceptors (Lipinski definition) is 5. The number of H-pyrrole nitrogens is 1. The van der Waals surface area contributed by atoms with Crippen LogP contribution in [0.15, 0.2) is 18.3 Å². The van der Waals surface area contributed by atoms with Gasteiger partial charge in [0.25, 0.3) is 5.69 Å². The number of hydrogen-bond donors (Lipinski definition) is 1. The second kappa shape index (κ2) is 5.24. The van der Waals surface area contributed by atoms with Gasteiger partial charge in [-0.05, 0) is 24.8 Å². The predicted octanol–water partition coefficient (Wildman–Crippen LogP) is 2.00. The van der Waals surface area contributed by atoms with Gasteiger partial charge < -0.3 is 4.90 Å². The lowest BCUT2D eigenvalue weighted by Crippen LogP contribution is -2.47. The van der Waals surface area contributed by atoms with Gasteiger partial charge in [0.2, 0.25) is 0 Å².